The van der Waals surface area contributed by atoms with E-state index in [-0.39, 0.29) is 23.5 Å². The summed E-state index contributed by atoms with van der Waals surface area (Å²) in [5.74, 6) is -2.29. The van der Waals surface area contributed by atoms with E-state index in [4.69, 9.17) is 0 Å². The zero-order valence-corrected chi connectivity index (χ0v) is 19.5. The normalized spacial score (nSPS) is 15.7. The molecule has 1 aliphatic rings. The maximum absolute atomic E-state index is 13.9. The summed E-state index contributed by atoms with van der Waals surface area (Å²) in [7, 11) is 3.54. The largest absolute Gasteiger partial charge is 0.359 e. The second-order valence-corrected chi connectivity index (χ2v) is 9.81. The summed E-state index contributed by atoms with van der Waals surface area (Å²) in [5.41, 5.74) is 1.35. The van der Waals surface area contributed by atoms with Crippen molar-refractivity contribution in [1.29, 1.82) is 0 Å². The number of imidazole rings is 1. The number of Topliss-reactive ketones (excluding diaryl/α,β-unsaturated/α-hetero) is 1. The Morgan fingerprint density at radius 3 is 2.53 bits per heavy atom. The van der Waals surface area contributed by atoms with E-state index >= 15 is 0 Å². The van der Waals surface area contributed by atoms with Gasteiger partial charge in [0.1, 0.15) is 11.5 Å². The van der Waals surface area contributed by atoms with Gasteiger partial charge in [-0.15, -0.1) is 0 Å². The highest BCUT2D eigenvalue weighted by Gasteiger charge is 2.31. The molecule has 0 unspecified atom stereocenters. The molecule has 2 aromatic rings. The topological polar surface area (TPSA) is 67.2 Å². The van der Waals surface area contributed by atoms with Gasteiger partial charge in [-0.2, -0.15) is 0 Å². The minimum Gasteiger partial charge on any atom is -0.359 e. The van der Waals surface area contributed by atoms with Crippen molar-refractivity contribution < 1.29 is 18.4 Å². The minimum absolute atomic E-state index is 0.0435. The maximum Gasteiger partial charge on any atom is 0.223 e. The van der Waals surface area contributed by atoms with Crippen LogP contribution in [0.25, 0.3) is 11.4 Å². The Balaban J connectivity index is 2.03. The summed E-state index contributed by atoms with van der Waals surface area (Å²) in [6, 6.07) is 3.66. The first-order valence-electron chi connectivity index (χ1n) is 11.0. The van der Waals surface area contributed by atoms with Crippen molar-refractivity contribution in [2.24, 2.45) is 11.3 Å². The monoisotopic (exact) mass is 446 g/mol. The molecule has 6 nitrogen and oxygen atoms in total. The highest BCUT2D eigenvalue weighted by atomic mass is 19.2. The minimum atomic E-state index is -0.955. The third-order valence-corrected chi connectivity index (χ3v) is 5.76. The average Bonchev–Trinajstić information content (AvgIpc) is 2.94. The van der Waals surface area contributed by atoms with Crippen LogP contribution < -0.4 is 5.32 Å². The van der Waals surface area contributed by atoms with Gasteiger partial charge in [-0.25, -0.2) is 13.8 Å². The molecule has 1 N–H and O–H groups in total. The predicted octanol–water partition coefficient (Wildman–Crippen LogP) is 4.04. The van der Waals surface area contributed by atoms with Crippen LogP contribution in [-0.2, 0) is 17.9 Å². The smallest absolute Gasteiger partial charge is 0.223 e. The van der Waals surface area contributed by atoms with Crippen LogP contribution in [0, 0.1) is 23.0 Å². The van der Waals surface area contributed by atoms with E-state index in [0.717, 1.165) is 30.8 Å². The number of fused-ring (bicyclic) bond motifs is 1. The first kappa shape index (κ1) is 24.0. The fourth-order valence-electron chi connectivity index (χ4n) is 4.32. The Labute approximate surface area is 188 Å². The van der Waals surface area contributed by atoms with Gasteiger partial charge in [0.05, 0.1) is 5.69 Å². The van der Waals surface area contributed by atoms with E-state index in [2.05, 4.69) is 15.2 Å². The van der Waals surface area contributed by atoms with Gasteiger partial charge in [-0.1, -0.05) is 20.8 Å². The van der Waals surface area contributed by atoms with Crippen molar-refractivity contribution >= 4 is 11.7 Å². The molecule has 0 fully saturated rings. The molecule has 1 aromatic heterocycles. The molecule has 0 saturated carbocycles. The first-order valence-corrected chi connectivity index (χ1v) is 11.0. The van der Waals surface area contributed by atoms with Crippen molar-refractivity contribution in [1.82, 2.24) is 19.8 Å². The third kappa shape index (κ3) is 5.41. The van der Waals surface area contributed by atoms with Gasteiger partial charge >= 0.3 is 0 Å². The van der Waals surface area contributed by atoms with Crippen LogP contribution >= 0.6 is 0 Å². The number of hydrogen-bond acceptors (Lipinski definition) is 4. The van der Waals surface area contributed by atoms with Crippen LogP contribution in [0.15, 0.2) is 18.2 Å². The molecule has 0 spiro atoms. The van der Waals surface area contributed by atoms with E-state index in [9.17, 15) is 18.4 Å². The fourth-order valence-corrected chi connectivity index (χ4v) is 4.32. The van der Waals surface area contributed by atoms with Crippen LogP contribution in [0.4, 0.5) is 8.78 Å². The van der Waals surface area contributed by atoms with Gasteiger partial charge < -0.3 is 14.8 Å². The highest BCUT2D eigenvalue weighted by molar-refractivity contribution is 5.98. The van der Waals surface area contributed by atoms with Crippen LogP contribution in [0.2, 0.25) is 0 Å². The van der Waals surface area contributed by atoms with Crippen LogP contribution in [-0.4, -0.2) is 46.8 Å². The molecular formula is C24H32F2N4O2. The Bertz CT molecular complexity index is 1010. The zero-order valence-electron chi connectivity index (χ0n) is 19.5. The number of rotatable bonds is 6. The van der Waals surface area contributed by atoms with Crippen molar-refractivity contribution in [2.45, 2.75) is 53.1 Å². The van der Waals surface area contributed by atoms with Crippen molar-refractivity contribution in [3.8, 4) is 11.4 Å². The molecule has 2 heterocycles. The van der Waals surface area contributed by atoms with Crippen molar-refractivity contribution in [3.63, 3.8) is 0 Å². The molecule has 0 aliphatic carbocycles. The summed E-state index contributed by atoms with van der Waals surface area (Å²) in [4.78, 5) is 32.6. The highest BCUT2D eigenvalue weighted by Crippen LogP contribution is 2.31. The van der Waals surface area contributed by atoms with Gasteiger partial charge in [-0.3, -0.25) is 9.59 Å². The molecule has 32 heavy (non-hydrogen) atoms. The van der Waals surface area contributed by atoms with E-state index in [1.807, 2.05) is 32.4 Å². The van der Waals surface area contributed by atoms with Gasteiger partial charge in [0.25, 0.3) is 0 Å². The number of hydrogen-bond donors (Lipinski definition) is 1. The lowest BCUT2D eigenvalue weighted by Crippen LogP contribution is -2.32. The lowest BCUT2D eigenvalue weighted by molar-refractivity contribution is -0.125. The summed E-state index contributed by atoms with van der Waals surface area (Å²) < 4.78 is 29.4. The van der Waals surface area contributed by atoms with E-state index in [0.29, 0.717) is 36.6 Å². The molecule has 1 aromatic carbocycles. The number of carbonyl (C=O) groups is 2. The Kier molecular flexibility index (Phi) is 7.12. The molecule has 0 bridgehead atoms. The standard InChI is InChI=1S/C24H32F2N4O2/c1-24(2,3)13-16(23(32)27-4)12-20(31)21-19-14-29(5)9-6-10-30(19)22(28-21)15-7-8-17(25)18(26)11-15/h7-8,11,16H,6,9-10,12-14H2,1-5H3,(H,27,32)/t16-/m0/s1. The van der Waals surface area contributed by atoms with E-state index in [1.54, 1.807) is 7.05 Å². The van der Waals surface area contributed by atoms with Gasteiger partial charge in [0.2, 0.25) is 5.91 Å². The maximum atomic E-state index is 13.9. The summed E-state index contributed by atoms with van der Waals surface area (Å²) in [6.07, 6.45) is 1.45. The second-order valence-electron chi connectivity index (χ2n) is 9.81. The number of nitrogens with one attached hydrogen (secondary N) is 1. The summed E-state index contributed by atoms with van der Waals surface area (Å²) >= 11 is 0. The molecule has 3 rings (SSSR count). The number of amides is 1. The zero-order chi connectivity index (χ0) is 23.6. The van der Waals surface area contributed by atoms with Gasteiger partial charge in [-0.05, 0) is 50.0 Å². The molecular weight excluding hydrogens is 414 g/mol. The molecule has 1 atom stereocenters. The number of nitrogens with zero attached hydrogens (tertiary/aromatic N) is 3. The SMILES string of the molecule is CNC(=O)[C@@H](CC(=O)c1nc(-c2ccc(F)c(F)c2)n2c1CN(C)CCC2)CC(C)(C)C. The van der Waals surface area contributed by atoms with Gasteiger partial charge in [0, 0.05) is 38.0 Å². The number of aromatic nitrogens is 2. The fraction of sp³-hybridized carbons (Fsp3) is 0.542. The van der Waals surface area contributed by atoms with Crippen LogP contribution in [0.3, 0.4) is 0 Å². The quantitative estimate of drug-likeness (QED) is 0.681. The lowest BCUT2D eigenvalue weighted by Gasteiger charge is -2.24. The Morgan fingerprint density at radius 1 is 1.19 bits per heavy atom. The summed E-state index contributed by atoms with van der Waals surface area (Å²) in [6.45, 7) is 8.08. The molecule has 174 valence electrons. The predicted molar refractivity (Wildman–Crippen MR) is 119 cm³/mol. The molecule has 0 saturated heterocycles. The van der Waals surface area contributed by atoms with Crippen LogP contribution in [0.1, 0.15) is 56.2 Å². The number of halogens is 2. The van der Waals surface area contributed by atoms with Crippen molar-refractivity contribution in [3.05, 3.63) is 41.2 Å². The van der Waals surface area contributed by atoms with E-state index in [1.165, 1.54) is 6.07 Å². The molecule has 1 aliphatic heterocycles. The molecule has 8 heteroatoms. The van der Waals surface area contributed by atoms with Crippen LogP contribution in [0.5, 0.6) is 0 Å². The number of ketones is 1. The first-order chi connectivity index (χ1) is 15.0. The Hall–Kier alpha value is -2.61. The van der Waals surface area contributed by atoms with Gasteiger partial charge in [0.15, 0.2) is 17.4 Å². The molecule has 1 amide bonds. The summed E-state index contributed by atoms with van der Waals surface area (Å²) in [5, 5.41) is 2.66. The van der Waals surface area contributed by atoms with E-state index < -0.39 is 17.6 Å². The lowest BCUT2D eigenvalue weighted by atomic mass is 9.81. The Morgan fingerprint density at radius 2 is 1.91 bits per heavy atom. The number of benzene rings is 1. The number of carbonyl (C=O) groups excluding carboxylic acids is 2. The third-order valence-electron chi connectivity index (χ3n) is 5.76. The average molecular weight is 447 g/mol. The molecule has 0 radical (unpaired) electrons. The second kappa shape index (κ2) is 9.48. The van der Waals surface area contributed by atoms with Crippen molar-refractivity contribution in [2.75, 3.05) is 20.6 Å².